The van der Waals surface area contributed by atoms with Gasteiger partial charge in [-0.1, -0.05) is 25.0 Å². The van der Waals surface area contributed by atoms with Crippen LogP contribution in [0.4, 0.5) is 39.9 Å². The van der Waals surface area contributed by atoms with Crippen molar-refractivity contribution in [3.8, 4) is 35.1 Å². The molecule has 1 saturated carbocycles. The molecule has 5 aliphatic heterocycles. The van der Waals surface area contributed by atoms with E-state index in [4.69, 9.17) is 34.2 Å². The number of nitrogens with two attached hydrogens (primary N) is 1. The van der Waals surface area contributed by atoms with Crippen molar-refractivity contribution in [3.05, 3.63) is 218 Å². The van der Waals surface area contributed by atoms with Crippen LogP contribution in [0.15, 0.2) is 195 Å². The first-order valence-corrected chi connectivity index (χ1v) is 52.4. The van der Waals surface area contributed by atoms with Crippen molar-refractivity contribution < 1.29 is 65.3 Å². The Morgan fingerprint density at radius 2 is 0.814 bits per heavy atom. The fourth-order valence-corrected chi connectivity index (χ4v) is 22.6. The third-order valence-electron chi connectivity index (χ3n) is 25.5. The lowest BCUT2D eigenvalue weighted by Crippen LogP contribution is -2.30. The Morgan fingerprint density at radius 1 is 0.429 bits per heavy atom. The van der Waals surface area contributed by atoms with Crippen LogP contribution >= 0.6 is 0 Å². The highest BCUT2D eigenvalue weighted by molar-refractivity contribution is 8.00. The molecule has 2 bridgehead atoms. The van der Waals surface area contributed by atoms with Gasteiger partial charge in [-0.05, 0) is 268 Å². The number of amides is 4. The quantitative estimate of drug-likeness (QED) is 0.0310. The molecule has 37 nitrogen and oxygen atoms in total. The van der Waals surface area contributed by atoms with Gasteiger partial charge in [0.1, 0.15) is 47.4 Å². The number of benzene rings is 5. The molecule has 140 heavy (non-hydrogen) atoms. The maximum atomic E-state index is 12.4. The Hall–Kier alpha value is -15.0. The second-order valence-electron chi connectivity index (χ2n) is 35.8. The van der Waals surface area contributed by atoms with Crippen LogP contribution in [-0.2, 0) is 68.5 Å². The molecule has 16 aromatic rings. The first-order chi connectivity index (χ1) is 67.5. The zero-order chi connectivity index (χ0) is 97.5. The van der Waals surface area contributed by atoms with Gasteiger partial charge in [0.25, 0.3) is 23.6 Å². The van der Waals surface area contributed by atoms with Crippen molar-refractivity contribution >= 4 is 175 Å². The number of nitrogens with one attached hydrogen (secondary N) is 6. The van der Waals surface area contributed by atoms with Gasteiger partial charge in [-0.15, -0.1) is 25.5 Å². The summed E-state index contributed by atoms with van der Waals surface area (Å²) in [5, 5.41) is 59.7. The van der Waals surface area contributed by atoms with E-state index in [1.807, 2.05) is 112 Å². The summed E-state index contributed by atoms with van der Waals surface area (Å²) in [4.78, 5) is 69.7. The van der Waals surface area contributed by atoms with Gasteiger partial charge < -0.3 is 65.8 Å². The van der Waals surface area contributed by atoms with Gasteiger partial charge in [0.2, 0.25) is 29.4 Å². The minimum absolute atomic E-state index is 0.00189. The highest BCUT2D eigenvalue weighted by atomic mass is 32.2. The van der Waals surface area contributed by atoms with Crippen molar-refractivity contribution in [1.29, 1.82) is 0 Å². The van der Waals surface area contributed by atoms with Crippen LogP contribution < -0.4 is 56.0 Å². The number of aromatic amines is 1. The van der Waals surface area contributed by atoms with E-state index < -0.39 is 34.5 Å². The van der Waals surface area contributed by atoms with Crippen molar-refractivity contribution in [2.45, 2.75) is 120 Å². The highest BCUT2D eigenvalue weighted by Gasteiger charge is 2.43. The summed E-state index contributed by atoms with van der Waals surface area (Å²) in [6.45, 7) is 0.726. The van der Waals surface area contributed by atoms with Gasteiger partial charge in [0.05, 0.1) is 84.4 Å². The number of carbonyl (C=O) groups excluding carboxylic acids is 4. The predicted molar refractivity (Wildman–Crippen MR) is 546 cm³/mol. The molecule has 22 rings (SSSR count). The third-order valence-corrected chi connectivity index (χ3v) is 31.4. The van der Waals surface area contributed by atoms with Crippen molar-refractivity contribution in [1.82, 2.24) is 84.0 Å². The van der Waals surface area contributed by atoms with Gasteiger partial charge in [-0.25, -0.2) is 15.0 Å². The molecule has 6 fully saturated rings. The number of fused-ring (bicyclic) bond motifs is 8. The highest BCUT2D eigenvalue weighted by Crippen LogP contribution is 2.41. The van der Waals surface area contributed by atoms with Crippen LogP contribution in [0.25, 0.3) is 65.5 Å². The first kappa shape index (κ1) is 95.3. The molecule has 5 aromatic carbocycles. The summed E-state index contributed by atoms with van der Waals surface area (Å²) >= 11 is 0. The number of H-pyrrole nitrogens is 1. The molecule has 4 amide bonds. The summed E-state index contributed by atoms with van der Waals surface area (Å²) in [7, 11) is 3.44. The third kappa shape index (κ3) is 22.5. The van der Waals surface area contributed by atoms with Gasteiger partial charge in [0.15, 0.2) is 17.0 Å². The molecule has 0 radical (unpaired) electrons. The van der Waals surface area contributed by atoms with Crippen molar-refractivity contribution in [2.24, 2.45) is 41.2 Å². The molecule has 9 N–H and O–H groups in total. The normalized spacial score (nSPS) is 20.9. The lowest BCUT2D eigenvalue weighted by atomic mass is 9.98. The lowest BCUT2D eigenvalue weighted by molar-refractivity contribution is 0.0625. The number of pyridine rings is 5. The van der Waals surface area contributed by atoms with Crippen LogP contribution in [0.3, 0.4) is 0 Å². The minimum Gasteiger partial charge on any atom is -0.505 e. The van der Waals surface area contributed by atoms with E-state index in [9.17, 15) is 36.9 Å². The second-order valence-corrected chi connectivity index (χ2v) is 44.0. The maximum absolute atomic E-state index is 12.4. The molecule has 0 spiro atoms. The Balaban J connectivity index is 0.000000116. The molecule has 11 aromatic heterocycles. The van der Waals surface area contributed by atoms with Gasteiger partial charge in [-0.3, -0.25) is 70.3 Å². The van der Waals surface area contributed by atoms with Crippen LogP contribution in [-0.4, -0.2) is 221 Å². The van der Waals surface area contributed by atoms with Gasteiger partial charge in [0, 0.05) is 136 Å². The largest absolute Gasteiger partial charge is 0.505 e. The van der Waals surface area contributed by atoms with E-state index in [1.165, 1.54) is 44.1 Å². The molecular weight excluding hydrogens is 1840 g/mol. The molecule has 3 unspecified atom stereocenters. The maximum Gasteiger partial charge on any atom is 0.278 e. The number of hydrogen-bond acceptors (Lipinski definition) is 27. The number of anilines is 7. The van der Waals surface area contributed by atoms with E-state index in [1.54, 1.807) is 117 Å². The number of aromatic hydroxyl groups is 1. The second kappa shape index (κ2) is 41.3. The summed E-state index contributed by atoms with van der Waals surface area (Å²) in [5.41, 5.74) is 15.6. The summed E-state index contributed by atoms with van der Waals surface area (Å²) in [6, 6.07) is 48.9. The van der Waals surface area contributed by atoms with E-state index in [-0.39, 0.29) is 65.4 Å². The smallest absolute Gasteiger partial charge is 0.278 e. The number of aryl methyl sites for hydroxylation is 5. The zero-order valence-corrected chi connectivity index (χ0v) is 80.4. The average Bonchev–Trinajstić information content (AvgIpc) is 1.68. The molecule has 1 aliphatic carbocycles. The monoisotopic (exact) mass is 1950 g/mol. The molecule has 16 heterocycles. The average molecular weight is 1950 g/mol. The Kier molecular flexibility index (Phi) is 28.1. The topological polar surface area (TPSA) is 464 Å². The number of rotatable bonds is 21. The lowest BCUT2D eigenvalue weighted by Gasteiger charge is -2.24. The van der Waals surface area contributed by atoms with Crippen molar-refractivity contribution in [2.75, 3.05) is 73.4 Å². The molecule has 40 heteroatoms. The summed E-state index contributed by atoms with van der Waals surface area (Å²) in [6.07, 6.45) is 21.1. The molecule has 6 aliphatic rings. The fourth-order valence-electron chi connectivity index (χ4n) is 17.9. The van der Waals surface area contributed by atoms with Crippen molar-refractivity contribution in [3.63, 3.8) is 0 Å². The molecule has 726 valence electrons. The number of nitrogens with zero attached hydrogens (tertiary/aromatic N) is 16. The number of aromatic nitrogens is 17. The van der Waals surface area contributed by atoms with Crippen LogP contribution in [0.5, 0.6) is 35.1 Å². The molecule has 5 saturated heterocycles. The number of ether oxygens (including phenoxy) is 6. The van der Waals surface area contributed by atoms with Crippen LogP contribution in [0, 0.1) is 5.92 Å². The SMILES string of the molecule is C=S1(=O)CCC(Oc2nn(C)c3cc(NC(=O)c4ccccn4)ccc23)CC1.C=S1(=O)CCC(Oc2nn(C)c3cc(NC(=O)c4ncccc4N)ccc23)CC1.C=S1(=O)CCC(Oc2nn(C)c3cc(NC(=O)c4ncccc4O)ccc23)CC1.Cn1nc(OC2CC3CCC2O3)c2ccc(Nc3[nH]nc4ncccc34)cc21.Cn1nc(OCC2CCCC2)c2ccc(NC(=O)c3ccccn3)cc21. The van der Waals surface area contributed by atoms with E-state index >= 15 is 0 Å². The predicted octanol–water partition coefficient (Wildman–Crippen LogP) is 13.8. The number of hydrogen-bond donors (Lipinski definition) is 8. The van der Waals surface area contributed by atoms with E-state index in [0.717, 1.165) is 110 Å². The van der Waals surface area contributed by atoms with Crippen LogP contribution in [0.1, 0.15) is 125 Å². The van der Waals surface area contributed by atoms with E-state index in [2.05, 4.69) is 111 Å². The van der Waals surface area contributed by atoms with Gasteiger partial charge >= 0.3 is 0 Å². The molecular formula is C100H109N23O14S3. The van der Waals surface area contributed by atoms with E-state index in [0.29, 0.717) is 147 Å². The zero-order valence-electron chi connectivity index (χ0n) is 78.0. The molecule has 3 atom stereocenters. The fraction of sp³-hybridized carbons (Fsp3) is 0.320. The number of nitrogen functional groups attached to an aromatic ring is 1. The summed E-state index contributed by atoms with van der Waals surface area (Å²) in [5.74, 6) is 17.7. The Morgan fingerprint density at radius 3 is 1.24 bits per heavy atom. The summed E-state index contributed by atoms with van der Waals surface area (Å²) < 4.78 is 81.2. The van der Waals surface area contributed by atoms with Crippen LogP contribution in [0.2, 0.25) is 0 Å². The Bertz CT molecular complexity index is 7440. The van der Waals surface area contributed by atoms with Gasteiger partial charge in [-0.2, -0.15) is 5.10 Å². The number of carbonyl (C=O) groups is 4. The Labute approximate surface area is 807 Å². The first-order valence-electron chi connectivity index (χ1n) is 46.3. The minimum atomic E-state index is -1.96. The standard InChI is InChI=1S/C20H20N6O2.C20H23N5O3S.C20H22N4O4S.C20H22N4O3S.C20H22N4O2/c1-26-15-9-11(22-19-14-3-2-8-21-18(14)23-24-19)4-6-13(15)20(25-26)28-17-10-12-5-7-16(17)27-12;1-25-17-12-13(23-19(26)18-16(21)4-3-9-22-18)5-6-15(17)20(24-25)28-14-7-10-29(2,27)11-8-14;1-24-16-12-13(22-19(26)18-17(25)4-3-9-21-18)5-6-15(16)20(23-24)28-14-7-10-29(2,27)11-8-14;1-24-18-13-14(22-19(25)17-5-3-4-10-21-17)6-7-16(18)20(23-24)27-15-8-11-28(2,26)12-9-15;1-24-18-12-15(22-19(25)17-8-4-5-11-21-17)9-10-16(18)20(23-24)26-13-14-6-2-3-7-14/h2-4,6,8-9,12,16-17H,5,7,10H2,1H3,(H2,21,22,23,24);3-6,9,12,14H,2,7-8,10-11,21H2,1H3,(H,23,26);3-6,9,12,14,25H,2,7-8,10-11H2,1H3,(H,22,26);3-7,10,13,15H,2,8-9,11-12H2,1H3,(H,22,25);4-5,8-12,14H,2-3,6-7,13H2,1H3,(H,22,25).